The monoisotopic (exact) mass is 401 g/mol. The highest BCUT2D eigenvalue weighted by atomic mass is 35.5. The van der Waals surface area contributed by atoms with E-state index in [1.165, 1.54) is 6.07 Å². The predicted molar refractivity (Wildman–Crippen MR) is 99.8 cm³/mol. The van der Waals surface area contributed by atoms with Gasteiger partial charge in [0.15, 0.2) is 0 Å². The van der Waals surface area contributed by atoms with Gasteiger partial charge in [-0.2, -0.15) is 0 Å². The van der Waals surface area contributed by atoms with E-state index in [1.54, 1.807) is 44.2 Å². The molecular weight excluding hydrogens is 385 g/mol. The fourth-order valence-corrected chi connectivity index (χ4v) is 4.07. The van der Waals surface area contributed by atoms with Gasteiger partial charge in [0.25, 0.3) is 0 Å². The number of anilines is 1. The van der Waals surface area contributed by atoms with E-state index in [0.29, 0.717) is 27.4 Å². The van der Waals surface area contributed by atoms with E-state index in [4.69, 9.17) is 27.9 Å². The Labute approximate surface area is 157 Å². The fraction of sp³-hybridized carbons (Fsp3) is 0.235. The molecule has 2 aromatic rings. The maximum absolute atomic E-state index is 12.4. The summed E-state index contributed by atoms with van der Waals surface area (Å²) in [5.74, 6) is -0.812. The molecule has 0 radical (unpaired) electrons. The number of sulfonamides is 1. The van der Waals surface area contributed by atoms with Crippen molar-refractivity contribution < 1.29 is 17.9 Å². The molecule has 0 atom stereocenters. The van der Waals surface area contributed by atoms with Gasteiger partial charge in [-0.25, -0.2) is 13.2 Å². The first kappa shape index (κ1) is 19.6. The topological polar surface area (TPSA) is 72.5 Å². The minimum Gasteiger partial charge on any atom is -0.462 e. The van der Waals surface area contributed by atoms with Crippen LogP contribution in [0.3, 0.4) is 0 Å². The third-order valence-corrected chi connectivity index (χ3v) is 5.26. The van der Waals surface area contributed by atoms with Crippen LogP contribution >= 0.6 is 23.2 Å². The van der Waals surface area contributed by atoms with Crippen molar-refractivity contribution >= 4 is 44.9 Å². The summed E-state index contributed by atoms with van der Waals surface area (Å²) in [7, 11) is -3.73. The van der Waals surface area contributed by atoms with Gasteiger partial charge in [-0.05, 0) is 49.2 Å². The van der Waals surface area contributed by atoms with E-state index in [0.717, 1.165) is 0 Å². The zero-order chi connectivity index (χ0) is 18.6. The Morgan fingerprint density at radius 2 is 1.92 bits per heavy atom. The molecule has 2 rings (SSSR count). The van der Waals surface area contributed by atoms with Crippen molar-refractivity contribution in [1.82, 2.24) is 0 Å². The van der Waals surface area contributed by atoms with Crippen LogP contribution in [0.4, 0.5) is 5.69 Å². The van der Waals surface area contributed by atoms with E-state index in [-0.39, 0.29) is 17.4 Å². The SMILES string of the molecule is CCOC(=O)c1cccc(NS(=O)(=O)Cc2ccc(Cl)cc2Cl)c1C. The second kappa shape index (κ2) is 8.08. The summed E-state index contributed by atoms with van der Waals surface area (Å²) in [6, 6.07) is 9.38. The Bertz CT molecular complexity index is 898. The molecule has 8 heteroatoms. The first-order chi connectivity index (χ1) is 11.7. The molecule has 0 heterocycles. The van der Waals surface area contributed by atoms with Crippen molar-refractivity contribution in [1.29, 1.82) is 0 Å². The van der Waals surface area contributed by atoms with Gasteiger partial charge in [-0.15, -0.1) is 0 Å². The number of hydrogen-bond donors (Lipinski definition) is 1. The van der Waals surface area contributed by atoms with Gasteiger partial charge < -0.3 is 4.74 Å². The predicted octanol–water partition coefficient (Wildman–Crippen LogP) is 4.42. The van der Waals surface area contributed by atoms with Crippen LogP contribution in [0.25, 0.3) is 0 Å². The Morgan fingerprint density at radius 1 is 1.20 bits per heavy atom. The molecule has 0 aliphatic carbocycles. The average molecular weight is 402 g/mol. The quantitative estimate of drug-likeness (QED) is 0.726. The Hall–Kier alpha value is -1.76. The third-order valence-electron chi connectivity index (χ3n) is 3.46. The summed E-state index contributed by atoms with van der Waals surface area (Å²) in [6.07, 6.45) is 0. The lowest BCUT2D eigenvalue weighted by atomic mass is 10.1. The lowest BCUT2D eigenvalue weighted by molar-refractivity contribution is 0.0525. The summed E-state index contributed by atoms with van der Waals surface area (Å²) in [5, 5.41) is 0.701. The van der Waals surface area contributed by atoms with Crippen LogP contribution in [0, 0.1) is 6.92 Å². The van der Waals surface area contributed by atoms with Gasteiger partial charge in [0, 0.05) is 10.0 Å². The lowest BCUT2D eigenvalue weighted by Gasteiger charge is -2.13. The number of hydrogen-bond acceptors (Lipinski definition) is 4. The van der Waals surface area contributed by atoms with Crippen LogP contribution in [0.2, 0.25) is 10.0 Å². The minimum absolute atomic E-state index is 0.239. The van der Waals surface area contributed by atoms with E-state index in [2.05, 4.69) is 4.72 Å². The Kier molecular flexibility index (Phi) is 6.32. The summed E-state index contributed by atoms with van der Waals surface area (Å²) in [4.78, 5) is 11.9. The van der Waals surface area contributed by atoms with E-state index in [9.17, 15) is 13.2 Å². The van der Waals surface area contributed by atoms with Crippen molar-refractivity contribution in [3.63, 3.8) is 0 Å². The molecule has 0 fully saturated rings. The fourth-order valence-electron chi connectivity index (χ4n) is 2.22. The van der Waals surface area contributed by atoms with Crippen LogP contribution in [0.5, 0.6) is 0 Å². The van der Waals surface area contributed by atoms with E-state index in [1.807, 2.05) is 0 Å². The van der Waals surface area contributed by atoms with Gasteiger partial charge in [-0.1, -0.05) is 35.3 Å². The van der Waals surface area contributed by atoms with Crippen LogP contribution in [-0.2, 0) is 20.5 Å². The standard InChI is InChI=1S/C17H17Cl2NO4S/c1-3-24-17(21)14-5-4-6-16(11(14)2)20-25(22,23)10-12-7-8-13(18)9-15(12)19/h4-9,20H,3,10H2,1-2H3. The zero-order valence-electron chi connectivity index (χ0n) is 13.7. The summed E-state index contributed by atoms with van der Waals surface area (Å²) in [5.41, 5.74) is 1.55. The van der Waals surface area contributed by atoms with Gasteiger partial charge in [0.2, 0.25) is 10.0 Å². The lowest BCUT2D eigenvalue weighted by Crippen LogP contribution is -2.17. The van der Waals surface area contributed by atoms with Gasteiger partial charge >= 0.3 is 5.97 Å². The van der Waals surface area contributed by atoms with Crippen LogP contribution < -0.4 is 4.72 Å². The van der Waals surface area contributed by atoms with Crippen LogP contribution in [0.1, 0.15) is 28.4 Å². The number of ether oxygens (including phenoxy) is 1. The number of benzene rings is 2. The highest BCUT2D eigenvalue weighted by molar-refractivity contribution is 7.91. The molecule has 0 spiro atoms. The molecule has 0 amide bonds. The molecule has 134 valence electrons. The maximum atomic E-state index is 12.4. The van der Waals surface area contributed by atoms with Crippen molar-refractivity contribution in [3.8, 4) is 0 Å². The highest BCUT2D eigenvalue weighted by Gasteiger charge is 2.18. The number of rotatable bonds is 6. The Morgan fingerprint density at radius 3 is 2.56 bits per heavy atom. The number of carbonyl (C=O) groups excluding carboxylic acids is 1. The second-order valence-electron chi connectivity index (χ2n) is 5.30. The Balaban J connectivity index is 2.26. The summed E-state index contributed by atoms with van der Waals surface area (Å²) < 4.78 is 32.4. The van der Waals surface area contributed by atoms with E-state index < -0.39 is 16.0 Å². The summed E-state index contributed by atoms with van der Waals surface area (Å²) >= 11 is 11.9. The molecule has 1 N–H and O–H groups in total. The molecule has 2 aromatic carbocycles. The molecule has 25 heavy (non-hydrogen) atoms. The molecule has 0 saturated heterocycles. The van der Waals surface area contributed by atoms with Crippen LogP contribution in [0.15, 0.2) is 36.4 Å². The zero-order valence-corrected chi connectivity index (χ0v) is 16.0. The normalized spacial score (nSPS) is 11.2. The minimum atomic E-state index is -3.73. The smallest absolute Gasteiger partial charge is 0.338 e. The first-order valence-corrected chi connectivity index (χ1v) is 9.85. The van der Waals surface area contributed by atoms with Crippen molar-refractivity contribution in [2.24, 2.45) is 0 Å². The molecule has 5 nitrogen and oxygen atoms in total. The second-order valence-corrected chi connectivity index (χ2v) is 7.86. The molecule has 0 unspecified atom stereocenters. The van der Waals surface area contributed by atoms with Crippen molar-refractivity contribution in [3.05, 3.63) is 63.1 Å². The largest absolute Gasteiger partial charge is 0.462 e. The van der Waals surface area contributed by atoms with Crippen molar-refractivity contribution in [2.75, 3.05) is 11.3 Å². The molecule has 0 aromatic heterocycles. The molecule has 0 saturated carbocycles. The van der Waals surface area contributed by atoms with E-state index >= 15 is 0 Å². The molecule has 0 aliphatic heterocycles. The number of nitrogens with one attached hydrogen (secondary N) is 1. The maximum Gasteiger partial charge on any atom is 0.338 e. The molecule has 0 bridgehead atoms. The van der Waals surface area contributed by atoms with Gasteiger partial charge in [0.05, 0.1) is 23.6 Å². The number of carbonyl (C=O) groups is 1. The first-order valence-electron chi connectivity index (χ1n) is 7.44. The number of esters is 1. The third kappa shape index (κ3) is 5.11. The summed E-state index contributed by atoms with van der Waals surface area (Å²) in [6.45, 7) is 3.60. The van der Waals surface area contributed by atoms with Gasteiger partial charge in [-0.3, -0.25) is 4.72 Å². The molecule has 0 aliphatic rings. The van der Waals surface area contributed by atoms with Crippen molar-refractivity contribution in [2.45, 2.75) is 19.6 Å². The van der Waals surface area contributed by atoms with Gasteiger partial charge in [0.1, 0.15) is 0 Å². The number of halogens is 2. The highest BCUT2D eigenvalue weighted by Crippen LogP contribution is 2.25. The average Bonchev–Trinajstić information content (AvgIpc) is 2.52. The molecular formula is C17H17Cl2NO4S. The van der Waals surface area contributed by atoms with Crippen LogP contribution in [-0.4, -0.2) is 21.0 Å².